The van der Waals surface area contributed by atoms with Crippen molar-refractivity contribution in [2.45, 2.75) is 13.0 Å². The largest absolute Gasteiger partial charge is 0.305 e. The summed E-state index contributed by atoms with van der Waals surface area (Å²) in [6.45, 7) is 0.338. The Balaban J connectivity index is 1.99. The first-order valence-corrected chi connectivity index (χ1v) is 8.72. The topological polar surface area (TPSA) is 34.4 Å². The van der Waals surface area contributed by atoms with Crippen LogP contribution in [0.1, 0.15) is 5.56 Å². The smallest absolute Gasteiger partial charge is 0.252 e. The molecule has 0 atom stereocenters. The second kappa shape index (κ2) is 7.12. The summed E-state index contributed by atoms with van der Waals surface area (Å²) in [5.41, 5.74) is 1.66. The molecular formula is C18H12BrFN2OS. The van der Waals surface area contributed by atoms with E-state index in [0.717, 1.165) is 20.3 Å². The highest BCUT2D eigenvalue weighted by atomic mass is 79.9. The van der Waals surface area contributed by atoms with Gasteiger partial charge in [-0.25, -0.2) is 4.39 Å². The highest BCUT2D eigenvalue weighted by molar-refractivity contribution is 9.10. The average molecular weight is 403 g/mol. The molecule has 2 aromatic carbocycles. The van der Waals surface area contributed by atoms with E-state index < -0.39 is 0 Å². The molecule has 0 unspecified atom stereocenters. The van der Waals surface area contributed by atoms with Crippen molar-refractivity contribution in [3.63, 3.8) is 0 Å². The predicted octanol–water partition coefficient (Wildman–Crippen LogP) is 3.91. The van der Waals surface area contributed by atoms with Crippen molar-refractivity contribution in [1.82, 2.24) is 4.57 Å². The molecule has 0 aliphatic carbocycles. The van der Waals surface area contributed by atoms with E-state index in [-0.39, 0.29) is 18.1 Å². The van der Waals surface area contributed by atoms with E-state index in [0.29, 0.717) is 11.3 Å². The predicted molar refractivity (Wildman–Crippen MR) is 97.0 cm³/mol. The maximum atomic E-state index is 12.9. The fourth-order valence-electron chi connectivity index (χ4n) is 2.30. The number of carbonyl (C=O) groups excluding carboxylic acids is 1. The van der Waals surface area contributed by atoms with Gasteiger partial charge in [0.15, 0.2) is 4.80 Å². The van der Waals surface area contributed by atoms with Crippen molar-refractivity contribution in [3.05, 3.63) is 63.1 Å². The normalized spacial score (nSPS) is 11.6. The Hall–Kier alpha value is -2.23. The lowest BCUT2D eigenvalue weighted by atomic mass is 10.1. The Labute approximate surface area is 150 Å². The minimum absolute atomic E-state index is 0.119. The number of thiazole rings is 1. The lowest BCUT2D eigenvalue weighted by Crippen LogP contribution is -2.17. The van der Waals surface area contributed by atoms with Crippen LogP contribution in [0.15, 0.2) is 51.9 Å². The van der Waals surface area contributed by atoms with E-state index in [1.54, 1.807) is 12.1 Å². The molecule has 3 rings (SSSR count). The molecule has 0 aliphatic rings. The second-order valence-corrected chi connectivity index (χ2v) is 7.02. The molecule has 0 aliphatic heterocycles. The van der Waals surface area contributed by atoms with Crippen molar-refractivity contribution in [2.24, 2.45) is 4.99 Å². The van der Waals surface area contributed by atoms with Crippen LogP contribution in [0.5, 0.6) is 0 Å². The van der Waals surface area contributed by atoms with Gasteiger partial charge in [-0.2, -0.15) is 4.99 Å². The van der Waals surface area contributed by atoms with E-state index >= 15 is 0 Å². The zero-order valence-electron chi connectivity index (χ0n) is 12.5. The van der Waals surface area contributed by atoms with Gasteiger partial charge in [-0.15, -0.1) is 6.42 Å². The van der Waals surface area contributed by atoms with Crippen molar-refractivity contribution in [1.29, 1.82) is 0 Å². The molecule has 0 fully saturated rings. The number of fused-ring (bicyclic) bond motifs is 1. The van der Waals surface area contributed by atoms with Gasteiger partial charge in [-0.1, -0.05) is 45.3 Å². The number of aromatic nitrogens is 1. The number of amides is 1. The molecule has 0 bridgehead atoms. The number of carbonyl (C=O) groups is 1. The number of nitrogens with zero attached hydrogens (tertiary/aromatic N) is 2. The number of halogens is 2. The minimum atomic E-state index is -0.329. The van der Waals surface area contributed by atoms with Crippen LogP contribution in [0.3, 0.4) is 0 Å². The summed E-state index contributed by atoms with van der Waals surface area (Å²) in [5.74, 6) is 1.97. The van der Waals surface area contributed by atoms with Gasteiger partial charge >= 0.3 is 0 Å². The van der Waals surface area contributed by atoms with Crippen LogP contribution in [-0.4, -0.2) is 10.5 Å². The molecule has 1 heterocycles. The van der Waals surface area contributed by atoms with Gasteiger partial charge in [0.2, 0.25) is 0 Å². The van der Waals surface area contributed by atoms with E-state index in [4.69, 9.17) is 6.42 Å². The highest BCUT2D eigenvalue weighted by Gasteiger charge is 2.08. The molecule has 0 radical (unpaired) electrons. The Kier molecular flexibility index (Phi) is 4.93. The van der Waals surface area contributed by atoms with Crippen LogP contribution < -0.4 is 4.80 Å². The zero-order valence-corrected chi connectivity index (χ0v) is 14.9. The number of rotatable bonds is 3. The molecular weight excluding hydrogens is 391 g/mol. The Morgan fingerprint density at radius 1 is 1.29 bits per heavy atom. The lowest BCUT2D eigenvalue weighted by molar-refractivity contribution is -0.117. The average Bonchev–Trinajstić information content (AvgIpc) is 2.86. The molecule has 3 nitrogen and oxygen atoms in total. The zero-order chi connectivity index (χ0) is 17.1. The molecule has 0 saturated carbocycles. The number of benzene rings is 2. The van der Waals surface area contributed by atoms with Crippen molar-refractivity contribution >= 4 is 43.4 Å². The van der Waals surface area contributed by atoms with E-state index in [1.165, 1.54) is 23.5 Å². The third-order valence-corrected chi connectivity index (χ3v) is 4.92. The maximum Gasteiger partial charge on any atom is 0.252 e. The van der Waals surface area contributed by atoms with E-state index in [1.807, 2.05) is 22.8 Å². The third kappa shape index (κ3) is 3.64. The van der Waals surface area contributed by atoms with Crippen LogP contribution >= 0.6 is 27.3 Å². The van der Waals surface area contributed by atoms with Gasteiger partial charge in [-0.3, -0.25) is 4.79 Å². The van der Waals surface area contributed by atoms with Gasteiger partial charge in [0.1, 0.15) is 5.82 Å². The summed E-state index contributed by atoms with van der Waals surface area (Å²) in [6.07, 6.45) is 5.56. The third-order valence-electron chi connectivity index (χ3n) is 3.38. The van der Waals surface area contributed by atoms with Gasteiger partial charge < -0.3 is 4.57 Å². The highest BCUT2D eigenvalue weighted by Crippen LogP contribution is 2.22. The molecule has 6 heteroatoms. The number of hydrogen-bond donors (Lipinski definition) is 0. The molecule has 0 N–H and O–H groups in total. The molecule has 1 amide bonds. The summed E-state index contributed by atoms with van der Waals surface area (Å²) < 4.78 is 16.7. The molecule has 0 saturated heterocycles. The first kappa shape index (κ1) is 16.6. The summed E-state index contributed by atoms with van der Waals surface area (Å²) in [6, 6.07) is 11.7. The molecule has 120 valence electrons. The first-order chi connectivity index (χ1) is 11.6. The Morgan fingerprint density at radius 3 is 2.75 bits per heavy atom. The van der Waals surface area contributed by atoms with Crippen LogP contribution in [-0.2, 0) is 17.8 Å². The standard InChI is InChI=1S/C18H12BrFN2OS/c1-2-9-22-15-8-5-13(19)11-16(15)24-18(22)21-17(23)10-12-3-6-14(20)7-4-12/h1,3-8,11H,9-10H2. The molecule has 24 heavy (non-hydrogen) atoms. The minimum Gasteiger partial charge on any atom is -0.305 e. The van der Waals surface area contributed by atoms with Crippen molar-refractivity contribution in [3.8, 4) is 12.3 Å². The summed E-state index contributed by atoms with van der Waals surface area (Å²) in [5, 5.41) is 0. The van der Waals surface area contributed by atoms with Crippen LogP contribution in [0.2, 0.25) is 0 Å². The monoisotopic (exact) mass is 402 g/mol. The van der Waals surface area contributed by atoms with E-state index in [2.05, 4.69) is 26.8 Å². The van der Waals surface area contributed by atoms with Gasteiger partial charge in [0.25, 0.3) is 5.91 Å². The first-order valence-electron chi connectivity index (χ1n) is 7.11. The quantitative estimate of drug-likeness (QED) is 0.611. The van der Waals surface area contributed by atoms with Gasteiger partial charge in [-0.05, 0) is 35.9 Å². The van der Waals surface area contributed by atoms with Crippen LogP contribution in [0.4, 0.5) is 4.39 Å². The van der Waals surface area contributed by atoms with Gasteiger partial charge in [0.05, 0.1) is 23.2 Å². The summed E-state index contributed by atoms with van der Waals surface area (Å²) >= 11 is 4.84. The fourth-order valence-corrected chi connectivity index (χ4v) is 3.90. The van der Waals surface area contributed by atoms with Gasteiger partial charge in [0, 0.05) is 4.47 Å². The Bertz CT molecular complexity index is 1010. The number of terminal acetylenes is 1. The van der Waals surface area contributed by atoms with Crippen molar-refractivity contribution < 1.29 is 9.18 Å². The fraction of sp³-hybridized carbons (Fsp3) is 0.111. The molecule has 1 aromatic heterocycles. The lowest BCUT2D eigenvalue weighted by Gasteiger charge is -2.00. The van der Waals surface area contributed by atoms with Crippen LogP contribution in [0.25, 0.3) is 10.2 Å². The van der Waals surface area contributed by atoms with Crippen molar-refractivity contribution in [2.75, 3.05) is 0 Å². The number of hydrogen-bond acceptors (Lipinski definition) is 2. The Morgan fingerprint density at radius 2 is 2.04 bits per heavy atom. The maximum absolute atomic E-state index is 12.9. The molecule has 3 aromatic rings. The summed E-state index contributed by atoms with van der Waals surface area (Å²) in [4.78, 5) is 17.0. The van der Waals surface area contributed by atoms with E-state index in [9.17, 15) is 9.18 Å². The van der Waals surface area contributed by atoms with Crippen LogP contribution in [0, 0.1) is 18.2 Å². The second-order valence-electron chi connectivity index (χ2n) is 5.10. The summed E-state index contributed by atoms with van der Waals surface area (Å²) in [7, 11) is 0. The SMILES string of the molecule is C#CCn1c(=NC(=O)Cc2ccc(F)cc2)sc2cc(Br)ccc21. The molecule has 0 spiro atoms.